The summed E-state index contributed by atoms with van der Waals surface area (Å²) in [6.45, 7) is 19.3. The van der Waals surface area contributed by atoms with E-state index in [-0.39, 0.29) is 54.7 Å². The number of hydrogen-bond acceptors (Lipinski definition) is 7. The Bertz CT molecular complexity index is 1510. The van der Waals surface area contributed by atoms with Gasteiger partial charge >= 0.3 is 12.1 Å². The number of fused-ring (bicyclic) bond motifs is 2. The molecule has 1 aliphatic heterocycles. The second-order valence-electron chi connectivity index (χ2n) is 16.5. The molecule has 13 heteroatoms. The molecule has 1 heterocycles. The van der Waals surface area contributed by atoms with Crippen LogP contribution in [0.3, 0.4) is 0 Å². The van der Waals surface area contributed by atoms with Gasteiger partial charge in [-0.25, -0.2) is 9.59 Å². The fourth-order valence-electron chi connectivity index (χ4n) is 7.71. The summed E-state index contributed by atoms with van der Waals surface area (Å²) >= 11 is 0. The molecule has 2 aliphatic carbocycles. The van der Waals surface area contributed by atoms with E-state index >= 15 is 0 Å². The molecular formula is C39H58N6O7. The number of likely N-dealkylation sites (tertiary alicyclic amines) is 1. The summed E-state index contributed by atoms with van der Waals surface area (Å²) in [7, 11) is 0. The number of ether oxygens (including phenoxy) is 1. The van der Waals surface area contributed by atoms with Crippen molar-refractivity contribution in [2.24, 2.45) is 28.6 Å². The average Bonchev–Trinajstić information content (AvgIpc) is 3.42. The van der Waals surface area contributed by atoms with E-state index in [0.29, 0.717) is 25.8 Å². The van der Waals surface area contributed by atoms with Crippen LogP contribution in [0.2, 0.25) is 0 Å². The van der Waals surface area contributed by atoms with Crippen LogP contribution in [0.1, 0.15) is 79.4 Å². The number of hydrogen-bond donors (Lipinski definition) is 5. The molecule has 286 valence electrons. The first-order valence-electron chi connectivity index (χ1n) is 18.5. The molecule has 3 aliphatic rings. The second kappa shape index (κ2) is 16.5. The zero-order valence-electron chi connectivity index (χ0n) is 32.0. The number of Topliss-reactive ketones (excluding diaryl/α,β-unsaturated/α-hetero) is 1. The van der Waals surface area contributed by atoms with Gasteiger partial charge in [-0.15, -0.1) is 6.58 Å². The highest BCUT2D eigenvalue weighted by molar-refractivity contribution is 6.38. The number of urea groups is 1. The molecular weight excluding hydrogens is 664 g/mol. The van der Waals surface area contributed by atoms with E-state index < -0.39 is 59.3 Å². The first kappa shape index (κ1) is 40.4. The molecule has 0 bridgehead atoms. The molecule has 0 radical (unpaired) electrons. The lowest BCUT2D eigenvalue weighted by Crippen LogP contribution is -2.61. The van der Waals surface area contributed by atoms with E-state index in [1.807, 2.05) is 65.8 Å². The van der Waals surface area contributed by atoms with Crippen LogP contribution in [0, 0.1) is 28.6 Å². The lowest BCUT2D eigenvalue weighted by atomic mass is 9.87. The Morgan fingerprint density at radius 1 is 1.00 bits per heavy atom. The molecule has 6 atom stereocenters. The van der Waals surface area contributed by atoms with Crippen molar-refractivity contribution in [2.75, 3.05) is 19.7 Å². The average molecular weight is 723 g/mol. The summed E-state index contributed by atoms with van der Waals surface area (Å²) < 4.78 is 5.43. The molecule has 1 aromatic rings. The van der Waals surface area contributed by atoms with Gasteiger partial charge < -0.3 is 36.2 Å². The molecule has 1 aromatic carbocycles. The van der Waals surface area contributed by atoms with Gasteiger partial charge in [0.1, 0.15) is 18.7 Å². The van der Waals surface area contributed by atoms with E-state index in [2.05, 4.69) is 47.0 Å². The minimum absolute atomic E-state index is 0.0538. The van der Waals surface area contributed by atoms with Crippen LogP contribution in [0.25, 0.3) is 0 Å². The third kappa shape index (κ3) is 9.32. The Labute approximate surface area is 307 Å². The predicted octanol–water partition coefficient (Wildman–Crippen LogP) is 3.26. The molecule has 0 aromatic heterocycles. The number of nitrogens with one attached hydrogen (secondary N) is 5. The first-order valence-corrected chi connectivity index (χ1v) is 18.5. The molecule has 0 spiro atoms. The van der Waals surface area contributed by atoms with Gasteiger partial charge in [-0.2, -0.15) is 0 Å². The van der Waals surface area contributed by atoms with Crippen molar-refractivity contribution in [1.29, 1.82) is 0 Å². The Balaban J connectivity index is 1.58. The van der Waals surface area contributed by atoms with Gasteiger partial charge in [0.05, 0.1) is 12.1 Å². The predicted molar refractivity (Wildman–Crippen MR) is 197 cm³/mol. The minimum atomic E-state index is -1.05. The highest BCUT2D eigenvalue weighted by Gasteiger charge is 2.69. The molecule has 6 amide bonds. The third-order valence-corrected chi connectivity index (χ3v) is 10.8. The van der Waals surface area contributed by atoms with Crippen LogP contribution in [0.15, 0.2) is 36.9 Å². The number of alkyl carbamates (subject to hydrolysis) is 1. The molecule has 2 fully saturated rings. The largest absolute Gasteiger partial charge is 0.447 e. The van der Waals surface area contributed by atoms with Gasteiger partial charge in [0.15, 0.2) is 0 Å². The number of rotatable bonds is 15. The Kier molecular flexibility index (Phi) is 12.8. The minimum Gasteiger partial charge on any atom is -0.447 e. The summed E-state index contributed by atoms with van der Waals surface area (Å²) in [5.74, 6) is -2.81. The van der Waals surface area contributed by atoms with Crippen molar-refractivity contribution in [1.82, 2.24) is 31.5 Å². The van der Waals surface area contributed by atoms with Gasteiger partial charge in [-0.3, -0.25) is 19.2 Å². The summed E-state index contributed by atoms with van der Waals surface area (Å²) in [5, 5.41) is 13.9. The van der Waals surface area contributed by atoms with Crippen LogP contribution in [-0.4, -0.2) is 90.4 Å². The van der Waals surface area contributed by atoms with Gasteiger partial charge in [-0.05, 0) is 72.8 Å². The Morgan fingerprint density at radius 2 is 1.63 bits per heavy atom. The van der Waals surface area contributed by atoms with Crippen LogP contribution in [0.5, 0.6) is 0 Å². The van der Waals surface area contributed by atoms with Crippen molar-refractivity contribution < 1.29 is 33.5 Å². The van der Waals surface area contributed by atoms with Gasteiger partial charge in [0.2, 0.25) is 17.6 Å². The van der Waals surface area contributed by atoms with Crippen LogP contribution < -0.4 is 26.6 Å². The zero-order valence-corrected chi connectivity index (χ0v) is 32.0. The highest BCUT2D eigenvalue weighted by atomic mass is 16.5. The fraction of sp³-hybridized carbons (Fsp3) is 0.641. The molecule has 4 rings (SSSR count). The van der Waals surface area contributed by atoms with Gasteiger partial charge in [0.25, 0.3) is 5.91 Å². The molecule has 6 unspecified atom stereocenters. The lowest BCUT2D eigenvalue weighted by molar-refractivity contribution is -0.144. The molecule has 1 saturated heterocycles. The Hall–Kier alpha value is -4.42. The van der Waals surface area contributed by atoms with Crippen molar-refractivity contribution in [3.8, 4) is 0 Å². The number of ketones is 1. The number of nitrogens with zero attached hydrogens (tertiary/aromatic N) is 1. The lowest BCUT2D eigenvalue weighted by Gasteiger charge is -2.36. The Morgan fingerprint density at radius 3 is 2.19 bits per heavy atom. The topological polar surface area (TPSA) is 175 Å². The van der Waals surface area contributed by atoms with Crippen LogP contribution >= 0.6 is 0 Å². The molecule has 5 N–H and O–H groups in total. The summed E-state index contributed by atoms with van der Waals surface area (Å²) in [6, 6.07) is 3.72. The number of amides is 6. The summed E-state index contributed by atoms with van der Waals surface area (Å²) in [4.78, 5) is 82.2. The van der Waals surface area contributed by atoms with Crippen molar-refractivity contribution in [2.45, 2.75) is 111 Å². The van der Waals surface area contributed by atoms with Crippen molar-refractivity contribution >= 4 is 35.6 Å². The quantitative estimate of drug-likeness (QED) is 0.136. The maximum Gasteiger partial charge on any atom is 0.407 e. The SMILES string of the molecule is C=CCNC(=O)C(=O)C(CCC)NC(=O)C1C2C(CN1C(=O)C(NC(=O)NC(COC(=O)NC(C)C)C(C)(C)C)C1Cc3ccccc3C1)C2(C)C. The number of carbonyl (C=O) groups excluding carboxylic acids is 6. The molecule has 13 nitrogen and oxygen atoms in total. The fourth-order valence-corrected chi connectivity index (χ4v) is 7.71. The number of piperidine rings is 1. The first-order chi connectivity index (χ1) is 24.4. The van der Waals surface area contributed by atoms with Gasteiger partial charge in [0, 0.05) is 19.1 Å². The second-order valence-corrected chi connectivity index (χ2v) is 16.5. The summed E-state index contributed by atoms with van der Waals surface area (Å²) in [5.41, 5.74) is 1.48. The third-order valence-electron chi connectivity index (χ3n) is 10.8. The standard InChI is InChI=1S/C39H58N6O7/c1-10-14-27(32(46)34(48)40-17-11-2)42-33(47)31-29-26(39(29,8)9)20-45(31)35(49)30(25-18-23-15-12-13-16-24(23)19-25)44-36(50)43-28(38(5,6)7)21-52-37(51)41-22(3)4/h11-13,15-16,22,25-31H,2,10,14,17-21H2,1,3-9H3,(H,40,48)(H,41,51)(H,42,47)(H2,43,44,50). The summed E-state index contributed by atoms with van der Waals surface area (Å²) in [6.07, 6.45) is 2.79. The monoisotopic (exact) mass is 722 g/mol. The van der Waals surface area contributed by atoms with Crippen LogP contribution in [0.4, 0.5) is 9.59 Å². The van der Waals surface area contributed by atoms with E-state index in [1.54, 1.807) is 4.90 Å². The highest BCUT2D eigenvalue weighted by Crippen LogP contribution is 2.65. The number of carbonyl (C=O) groups is 6. The zero-order chi connectivity index (χ0) is 38.5. The van der Waals surface area contributed by atoms with E-state index in [9.17, 15) is 28.8 Å². The van der Waals surface area contributed by atoms with E-state index in [1.165, 1.54) is 6.08 Å². The smallest absolute Gasteiger partial charge is 0.407 e. The normalized spacial score (nSPS) is 21.9. The van der Waals surface area contributed by atoms with Crippen LogP contribution in [-0.2, 0) is 36.8 Å². The maximum atomic E-state index is 14.8. The van der Waals surface area contributed by atoms with Crippen molar-refractivity contribution in [3.05, 3.63) is 48.0 Å². The van der Waals surface area contributed by atoms with Gasteiger partial charge in [-0.1, -0.05) is 78.3 Å². The molecule has 52 heavy (non-hydrogen) atoms. The number of benzene rings is 1. The van der Waals surface area contributed by atoms with Crippen molar-refractivity contribution in [3.63, 3.8) is 0 Å². The van der Waals surface area contributed by atoms with E-state index in [0.717, 1.165) is 11.1 Å². The maximum absolute atomic E-state index is 14.8. The van der Waals surface area contributed by atoms with E-state index in [4.69, 9.17) is 4.74 Å². The molecule has 1 saturated carbocycles.